The zero-order valence-corrected chi connectivity index (χ0v) is 23.1. The summed E-state index contributed by atoms with van der Waals surface area (Å²) in [5, 5.41) is 2.80. The molecule has 0 bridgehead atoms. The Balaban J connectivity index is 1.85. The topological polar surface area (TPSA) is 103 Å². The number of nitrogens with zero attached hydrogens (tertiary/aromatic N) is 1. The average molecular weight is 543 g/mol. The maximum atomic E-state index is 13.8. The molecule has 3 aromatic carbocycles. The van der Waals surface area contributed by atoms with Gasteiger partial charge in [0, 0.05) is 12.6 Å². The molecule has 0 radical (unpaired) electrons. The monoisotopic (exact) mass is 542 g/mol. The molecule has 0 aliphatic rings. The first-order valence-corrected chi connectivity index (χ1v) is 13.6. The lowest BCUT2D eigenvalue weighted by molar-refractivity contribution is -0.119. The van der Waals surface area contributed by atoms with E-state index in [1.54, 1.807) is 24.3 Å². The summed E-state index contributed by atoms with van der Waals surface area (Å²) in [6.07, 6.45) is 0.0572. The predicted molar refractivity (Wildman–Crippen MR) is 146 cm³/mol. The van der Waals surface area contributed by atoms with Crippen LogP contribution in [0.3, 0.4) is 0 Å². The second-order valence-electron chi connectivity index (χ2n) is 8.54. The number of carbonyl (C=O) groups is 1. The lowest BCUT2D eigenvalue weighted by atomic mass is 10.2. The molecular formula is C28H34N2O7S. The van der Waals surface area contributed by atoms with Crippen molar-refractivity contribution in [3.8, 4) is 23.0 Å². The van der Waals surface area contributed by atoms with E-state index in [0.717, 1.165) is 15.6 Å². The summed E-state index contributed by atoms with van der Waals surface area (Å²) in [6, 6.07) is 18.2. The first kappa shape index (κ1) is 28.6. The van der Waals surface area contributed by atoms with Crippen molar-refractivity contribution in [1.82, 2.24) is 5.32 Å². The summed E-state index contributed by atoms with van der Waals surface area (Å²) in [5.41, 5.74) is 1.17. The summed E-state index contributed by atoms with van der Waals surface area (Å²) < 4.78 is 50.2. The Labute approximate surface area is 224 Å². The summed E-state index contributed by atoms with van der Waals surface area (Å²) in [5.74, 6) is 1.51. The summed E-state index contributed by atoms with van der Waals surface area (Å²) >= 11 is 0. The second kappa shape index (κ2) is 13.0. The third-order valence-corrected chi connectivity index (χ3v) is 7.22. The van der Waals surface area contributed by atoms with E-state index in [1.807, 2.05) is 45.0 Å². The highest BCUT2D eigenvalue weighted by atomic mass is 32.2. The molecule has 0 atom stereocenters. The largest absolute Gasteiger partial charge is 0.494 e. The quantitative estimate of drug-likeness (QED) is 0.341. The molecule has 10 heteroatoms. The molecule has 0 aromatic heterocycles. The summed E-state index contributed by atoms with van der Waals surface area (Å²) in [6.45, 7) is 6.02. The smallest absolute Gasteiger partial charge is 0.264 e. The number of hydrogen-bond donors (Lipinski definition) is 1. The van der Waals surface area contributed by atoms with Crippen LogP contribution >= 0.6 is 0 Å². The number of carbonyl (C=O) groups excluding carboxylic acids is 1. The van der Waals surface area contributed by atoms with E-state index in [4.69, 9.17) is 18.9 Å². The molecule has 3 aromatic rings. The van der Waals surface area contributed by atoms with Crippen LogP contribution in [-0.2, 0) is 21.4 Å². The number of hydrogen-bond acceptors (Lipinski definition) is 7. The third-order valence-electron chi connectivity index (χ3n) is 5.45. The molecule has 38 heavy (non-hydrogen) atoms. The SMILES string of the molecule is CCOc1ccc(N(CC(=O)NCc2ccc(OC(C)C)cc2)S(=O)(=O)c2ccc(OC)c(OC)c2)cc1. The first-order valence-electron chi connectivity index (χ1n) is 12.2. The van der Waals surface area contributed by atoms with Crippen molar-refractivity contribution in [3.05, 3.63) is 72.3 Å². The van der Waals surface area contributed by atoms with Gasteiger partial charge in [-0.1, -0.05) is 12.1 Å². The predicted octanol–water partition coefficient (Wildman–Crippen LogP) is 4.40. The van der Waals surface area contributed by atoms with E-state index < -0.39 is 22.5 Å². The van der Waals surface area contributed by atoms with Gasteiger partial charge in [-0.25, -0.2) is 8.42 Å². The van der Waals surface area contributed by atoms with Crippen LogP contribution in [-0.4, -0.2) is 47.8 Å². The standard InChI is InChI=1S/C28H34N2O7S/c1-6-36-23-13-9-22(10-14-23)30(38(32,33)25-15-16-26(34-4)27(17-25)35-5)19-28(31)29-18-21-7-11-24(12-8-21)37-20(2)3/h7-17,20H,6,18-19H2,1-5H3,(H,29,31). The molecule has 0 heterocycles. The number of methoxy groups -OCH3 is 2. The second-order valence-corrected chi connectivity index (χ2v) is 10.4. The Bertz CT molecular complexity index is 1310. The molecular weight excluding hydrogens is 508 g/mol. The van der Waals surface area contributed by atoms with Crippen LogP contribution in [0.25, 0.3) is 0 Å². The van der Waals surface area contributed by atoms with E-state index in [1.165, 1.54) is 32.4 Å². The summed E-state index contributed by atoms with van der Waals surface area (Å²) in [4.78, 5) is 12.9. The highest BCUT2D eigenvalue weighted by Crippen LogP contribution is 2.32. The van der Waals surface area contributed by atoms with Crippen molar-refractivity contribution in [2.75, 3.05) is 31.7 Å². The van der Waals surface area contributed by atoms with Gasteiger partial charge in [-0.15, -0.1) is 0 Å². The lowest BCUT2D eigenvalue weighted by Crippen LogP contribution is -2.40. The Kier molecular flexibility index (Phi) is 9.84. The molecule has 0 unspecified atom stereocenters. The number of ether oxygens (including phenoxy) is 4. The van der Waals surface area contributed by atoms with E-state index in [-0.39, 0.29) is 23.3 Å². The van der Waals surface area contributed by atoms with E-state index in [9.17, 15) is 13.2 Å². The minimum atomic E-state index is -4.15. The zero-order valence-electron chi connectivity index (χ0n) is 22.3. The third kappa shape index (κ3) is 7.32. The van der Waals surface area contributed by atoms with Gasteiger partial charge in [0.25, 0.3) is 10.0 Å². The van der Waals surface area contributed by atoms with Gasteiger partial charge in [-0.2, -0.15) is 0 Å². The lowest BCUT2D eigenvalue weighted by Gasteiger charge is -2.25. The highest BCUT2D eigenvalue weighted by molar-refractivity contribution is 7.92. The molecule has 0 saturated heterocycles. The van der Waals surface area contributed by atoms with Gasteiger partial charge >= 0.3 is 0 Å². The fourth-order valence-corrected chi connectivity index (χ4v) is 5.08. The minimum absolute atomic E-state index is 0.0439. The van der Waals surface area contributed by atoms with Crippen LogP contribution in [0.1, 0.15) is 26.3 Å². The zero-order chi connectivity index (χ0) is 27.7. The van der Waals surface area contributed by atoms with E-state index >= 15 is 0 Å². The van der Waals surface area contributed by atoms with Crippen molar-refractivity contribution >= 4 is 21.6 Å². The van der Waals surface area contributed by atoms with Crippen LogP contribution < -0.4 is 28.6 Å². The molecule has 0 fully saturated rings. The van der Waals surface area contributed by atoms with E-state index in [2.05, 4.69) is 5.32 Å². The highest BCUT2D eigenvalue weighted by Gasteiger charge is 2.28. The number of sulfonamides is 1. The maximum absolute atomic E-state index is 13.8. The molecule has 0 aliphatic carbocycles. The normalized spacial score (nSPS) is 11.1. The van der Waals surface area contributed by atoms with Gasteiger partial charge in [-0.05, 0) is 74.9 Å². The molecule has 1 amide bonds. The van der Waals surface area contributed by atoms with Crippen LogP contribution in [0.4, 0.5) is 5.69 Å². The Morgan fingerprint density at radius 1 is 0.895 bits per heavy atom. The van der Waals surface area contributed by atoms with Gasteiger partial charge < -0.3 is 24.3 Å². The van der Waals surface area contributed by atoms with Gasteiger partial charge in [0.2, 0.25) is 5.91 Å². The number of nitrogens with one attached hydrogen (secondary N) is 1. The molecule has 0 aliphatic heterocycles. The van der Waals surface area contributed by atoms with Crippen molar-refractivity contribution in [2.45, 2.75) is 38.3 Å². The van der Waals surface area contributed by atoms with Crippen molar-refractivity contribution in [1.29, 1.82) is 0 Å². The number of rotatable bonds is 13. The molecule has 0 saturated carbocycles. The molecule has 204 valence electrons. The van der Waals surface area contributed by atoms with E-state index in [0.29, 0.717) is 23.8 Å². The number of anilines is 1. The van der Waals surface area contributed by atoms with Gasteiger partial charge in [0.1, 0.15) is 18.0 Å². The van der Waals surface area contributed by atoms with Gasteiger partial charge in [0.15, 0.2) is 11.5 Å². The number of benzene rings is 3. The summed E-state index contributed by atoms with van der Waals surface area (Å²) in [7, 11) is -1.26. The molecule has 3 rings (SSSR count). The Hall–Kier alpha value is -3.92. The molecule has 1 N–H and O–H groups in total. The minimum Gasteiger partial charge on any atom is -0.494 e. The Morgan fingerprint density at radius 2 is 1.53 bits per heavy atom. The molecule has 9 nitrogen and oxygen atoms in total. The van der Waals surface area contributed by atoms with Crippen molar-refractivity contribution in [2.24, 2.45) is 0 Å². The average Bonchev–Trinajstić information content (AvgIpc) is 2.91. The first-order chi connectivity index (χ1) is 18.2. The van der Waals surface area contributed by atoms with Crippen LogP contribution in [0, 0.1) is 0 Å². The van der Waals surface area contributed by atoms with Crippen LogP contribution in [0.2, 0.25) is 0 Å². The fourth-order valence-electron chi connectivity index (χ4n) is 3.64. The Morgan fingerprint density at radius 3 is 2.11 bits per heavy atom. The maximum Gasteiger partial charge on any atom is 0.264 e. The molecule has 0 spiro atoms. The van der Waals surface area contributed by atoms with Gasteiger partial charge in [0.05, 0.1) is 37.5 Å². The van der Waals surface area contributed by atoms with Crippen LogP contribution in [0.5, 0.6) is 23.0 Å². The van der Waals surface area contributed by atoms with Crippen LogP contribution in [0.15, 0.2) is 71.6 Å². The van der Waals surface area contributed by atoms with Crippen molar-refractivity contribution in [3.63, 3.8) is 0 Å². The number of amides is 1. The fraction of sp³-hybridized carbons (Fsp3) is 0.321. The van der Waals surface area contributed by atoms with Gasteiger partial charge in [-0.3, -0.25) is 9.10 Å². The van der Waals surface area contributed by atoms with Crippen molar-refractivity contribution < 1.29 is 32.2 Å².